The third-order valence-electron chi connectivity index (χ3n) is 3.26. The molecule has 0 heterocycles. The molecule has 0 saturated carbocycles. The molecule has 0 spiro atoms. The zero-order valence-corrected chi connectivity index (χ0v) is 11.3. The topological polar surface area (TPSA) is 15.3 Å². The summed E-state index contributed by atoms with van der Waals surface area (Å²) < 4.78 is 14.0. The van der Waals surface area contributed by atoms with Crippen molar-refractivity contribution in [2.45, 2.75) is 39.3 Å². The molecule has 0 amide bonds. The summed E-state index contributed by atoms with van der Waals surface area (Å²) in [4.78, 5) is 2.04. The molecule has 1 aromatic rings. The van der Waals surface area contributed by atoms with Gasteiger partial charge in [0.25, 0.3) is 0 Å². The van der Waals surface area contributed by atoms with Gasteiger partial charge in [0, 0.05) is 19.6 Å². The molecular weight excluding hydrogens is 215 g/mol. The van der Waals surface area contributed by atoms with Crippen LogP contribution in [0.2, 0.25) is 0 Å². The molecule has 96 valence electrons. The third-order valence-corrected chi connectivity index (χ3v) is 3.26. The summed E-state index contributed by atoms with van der Waals surface area (Å²) >= 11 is 0. The first-order valence-electron chi connectivity index (χ1n) is 6.29. The van der Waals surface area contributed by atoms with Crippen molar-refractivity contribution >= 4 is 5.69 Å². The first kappa shape index (κ1) is 14.0. The van der Waals surface area contributed by atoms with Crippen LogP contribution in [0.4, 0.5) is 10.1 Å². The Hall–Kier alpha value is -1.09. The Labute approximate surface area is 104 Å². The van der Waals surface area contributed by atoms with Gasteiger partial charge in [-0.15, -0.1) is 0 Å². The highest BCUT2D eigenvalue weighted by Gasteiger charge is 2.14. The van der Waals surface area contributed by atoms with Crippen LogP contribution in [-0.4, -0.2) is 20.1 Å². The van der Waals surface area contributed by atoms with E-state index in [1.54, 1.807) is 6.07 Å². The Morgan fingerprint density at radius 2 is 1.94 bits per heavy atom. The van der Waals surface area contributed by atoms with E-state index in [0.717, 1.165) is 18.4 Å². The zero-order valence-electron chi connectivity index (χ0n) is 11.3. The second-order valence-corrected chi connectivity index (χ2v) is 4.40. The second-order valence-electron chi connectivity index (χ2n) is 4.40. The molecule has 0 saturated heterocycles. The van der Waals surface area contributed by atoms with Gasteiger partial charge in [0.1, 0.15) is 5.82 Å². The first-order chi connectivity index (χ1) is 8.13. The molecule has 2 nitrogen and oxygen atoms in total. The molecule has 0 radical (unpaired) electrons. The second kappa shape index (κ2) is 6.60. The molecular formula is C14H23FN2. The van der Waals surface area contributed by atoms with Crippen LogP contribution in [0.3, 0.4) is 0 Å². The van der Waals surface area contributed by atoms with Crippen molar-refractivity contribution in [3.05, 3.63) is 29.6 Å². The van der Waals surface area contributed by atoms with Crippen LogP contribution in [0, 0.1) is 5.82 Å². The molecule has 0 aliphatic carbocycles. The lowest BCUT2D eigenvalue weighted by molar-refractivity contribution is 0.565. The van der Waals surface area contributed by atoms with Crippen molar-refractivity contribution in [3.8, 4) is 0 Å². The number of nitrogens with zero attached hydrogens (tertiary/aromatic N) is 1. The van der Waals surface area contributed by atoms with E-state index in [4.69, 9.17) is 0 Å². The maximum atomic E-state index is 14.0. The first-order valence-corrected chi connectivity index (χ1v) is 6.29. The van der Waals surface area contributed by atoms with E-state index in [1.807, 2.05) is 31.1 Å². The highest BCUT2D eigenvalue weighted by Crippen LogP contribution is 2.23. The standard InChI is InChI=1S/C14H23FN2/c1-5-12(6-2)17(4)14-8-7-11(10-16-3)9-13(14)15/h7-9,12,16H,5-6,10H2,1-4H3. The van der Waals surface area contributed by atoms with E-state index in [-0.39, 0.29) is 5.82 Å². The lowest BCUT2D eigenvalue weighted by Crippen LogP contribution is -2.31. The van der Waals surface area contributed by atoms with Crippen LogP contribution in [0.25, 0.3) is 0 Å². The van der Waals surface area contributed by atoms with Gasteiger partial charge in [-0.3, -0.25) is 0 Å². The highest BCUT2D eigenvalue weighted by molar-refractivity contribution is 5.49. The monoisotopic (exact) mass is 238 g/mol. The van der Waals surface area contributed by atoms with Crippen LogP contribution < -0.4 is 10.2 Å². The normalized spacial score (nSPS) is 10.9. The maximum absolute atomic E-state index is 14.0. The van der Waals surface area contributed by atoms with Gasteiger partial charge in [-0.05, 0) is 37.6 Å². The predicted molar refractivity (Wildman–Crippen MR) is 71.9 cm³/mol. The largest absolute Gasteiger partial charge is 0.369 e. The van der Waals surface area contributed by atoms with Crippen molar-refractivity contribution in [3.63, 3.8) is 0 Å². The average molecular weight is 238 g/mol. The molecule has 0 aliphatic heterocycles. The van der Waals surface area contributed by atoms with Crippen LogP contribution in [0.15, 0.2) is 18.2 Å². The molecule has 0 aromatic heterocycles. The smallest absolute Gasteiger partial charge is 0.146 e. The van der Waals surface area contributed by atoms with Gasteiger partial charge in [-0.1, -0.05) is 19.9 Å². The number of halogens is 1. The Balaban J connectivity index is 2.90. The van der Waals surface area contributed by atoms with Crippen molar-refractivity contribution in [2.24, 2.45) is 0 Å². The molecule has 1 aromatic carbocycles. The number of hydrogen-bond donors (Lipinski definition) is 1. The summed E-state index contributed by atoms with van der Waals surface area (Å²) in [5.41, 5.74) is 1.67. The van der Waals surface area contributed by atoms with Gasteiger partial charge < -0.3 is 10.2 Å². The molecule has 1 rings (SSSR count). The summed E-state index contributed by atoms with van der Waals surface area (Å²) in [6, 6.07) is 5.87. The Bertz CT molecular complexity index is 348. The van der Waals surface area contributed by atoms with E-state index in [0.29, 0.717) is 18.3 Å². The number of hydrogen-bond acceptors (Lipinski definition) is 2. The van der Waals surface area contributed by atoms with Crippen LogP contribution in [0.5, 0.6) is 0 Å². The number of rotatable bonds is 6. The minimum Gasteiger partial charge on any atom is -0.369 e. The lowest BCUT2D eigenvalue weighted by Gasteiger charge is -2.28. The van der Waals surface area contributed by atoms with Gasteiger partial charge >= 0.3 is 0 Å². The predicted octanol–water partition coefficient (Wildman–Crippen LogP) is 3.17. The number of benzene rings is 1. The Kier molecular flexibility index (Phi) is 5.42. The molecule has 1 N–H and O–H groups in total. The lowest BCUT2D eigenvalue weighted by atomic mass is 10.1. The summed E-state index contributed by atoms with van der Waals surface area (Å²) in [6.07, 6.45) is 2.06. The molecule has 0 bridgehead atoms. The average Bonchev–Trinajstić information content (AvgIpc) is 2.31. The summed E-state index contributed by atoms with van der Waals surface area (Å²) in [6.45, 7) is 4.97. The Morgan fingerprint density at radius 3 is 2.41 bits per heavy atom. The van der Waals surface area contributed by atoms with Crippen molar-refractivity contribution in [1.29, 1.82) is 0 Å². The van der Waals surface area contributed by atoms with E-state index < -0.39 is 0 Å². The SMILES string of the molecule is CCC(CC)N(C)c1ccc(CNC)cc1F. The van der Waals surface area contributed by atoms with Crippen molar-refractivity contribution in [2.75, 3.05) is 19.0 Å². The van der Waals surface area contributed by atoms with E-state index in [9.17, 15) is 4.39 Å². The minimum atomic E-state index is -0.132. The van der Waals surface area contributed by atoms with Gasteiger partial charge in [0.2, 0.25) is 0 Å². The van der Waals surface area contributed by atoms with E-state index in [1.165, 1.54) is 0 Å². The van der Waals surface area contributed by atoms with E-state index >= 15 is 0 Å². The summed E-state index contributed by atoms with van der Waals surface area (Å²) in [5.74, 6) is -0.132. The fraction of sp³-hybridized carbons (Fsp3) is 0.571. The van der Waals surface area contributed by atoms with Crippen molar-refractivity contribution < 1.29 is 4.39 Å². The number of anilines is 1. The quantitative estimate of drug-likeness (QED) is 0.819. The zero-order chi connectivity index (χ0) is 12.8. The van der Waals surface area contributed by atoms with Crippen LogP contribution >= 0.6 is 0 Å². The van der Waals surface area contributed by atoms with Crippen LogP contribution in [-0.2, 0) is 6.54 Å². The minimum absolute atomic E-state index is 0.132. The van der Waals surface area contributed by atoms with Gasteiger partial charge in [-0.25, -0.2) is 4.39 Å². The molecule has 0 atom stereocenters. The molecule has 17 heavy (non-hydrogen) atoms. The molecule has 0 unspecified atom stereocenters. The highest BCUT2D eigenvalue weighted by atomic mass is 19.1. The maximum Gasteiger partial charge on any atom is 0.146 e. The fourth-order valence-corrected chi connectivity index (χ4v) is 2.18. The molecule has 3 heteroatoms. The fourth-order valence-electron chi connectivity index (χ4n) is 2.18. The Morgan fingerprint density at radius 1 is 1.29 bits per heavy atom. The molecule has 0 aliphatic rings. The van der Waals surface area contributed by atoms with Crippen molar-refractivity contribution in [1.82, 2.24) is 5.32 Å². The van der Waals surface area contributed by atoms with Gasteiger partial charge in [0.15, 0.2) is 0 Å². The van der Waals surface area contributed by atoms with E-state index in [2.05, 4.69) is 19.2 Å². The van der Waals surface area contributed by atoms with Crippen LogP contribution in [0.1, 0.15) is 32.3 Å². The summed E-state index contributed by atoms with van der Waals surface area (Å²) in [7, 11) is 3.83. The summed E-state index contributed by atoms with van der Waals surface area (Å²) in [5, 5.41) is 3.02. The third kappa shape index (κ3) is 3.43. The van der Waals surface area contributed by atoms with Gasteiger partial charge in [0.05, 0.1) is 5.69 Å². The number of nitrogens with one attached hydrogen (secondary N) is 1. The molecule has 0 fully saturated rings. The van der Waals surface area contributed by atoms with Gasteiger partial charge in [-0.2, -0.15) is 0 Å².